The van der Waals surface area contributed by atoms with E-state index in [1.165, 1.54) is 12.0 Å². The van der Waals surface area contributed by atoms with Crippen LogP contribution in [-0.4, -0.2) is 52.5 Å². The number of aliphatic carboxylic acids is 1. The van der Waals surface area contributed by atoms with E-state index in [1.807, 2.05) is 11.8 Å². The van der Waals surface area contributed by atoms with Gasteiger partial charge >= 0.3 is 5.97 Å². The van der Waals surface area contributed by atoms with Gasteiger partial charge in [-0.1, -0.05) is 0 Å². The smallest absolute Gasteiger partial charge is 0.303 e. The van der Waals surface area contributed by atoms with Crippen molar-refractivity contribution >= 4 is 29.5 Å². The zero-order chi connectivity index (χ0) is 16.4. The lowest BCUT2D eigenvalue weighted by atomic mass is 10.1. The number of carboxylic acid groups (broad SMARTS) is 1. The molecule has 5 rings (SSSR count). The van der Waals surface area contributed by atoms with E-state index in [9.17, 15) is 4.79 Å². The number of hydrogen-bond donors (Lipinski definition) is 1. The highest BCUT2D eigenvalue weighted by atomic mass is 32.2. The van der Waals surface area contributed by atoms with Crippen molar-refractivity contribution < 1.29 is 9.90 Å². The highest BCUT2D eigenvalue weighted by Crippen LogP contribution is 2.55. The third-order valence-corrected chi connectivity index (χ3v) is 7.20. The third kappa shape index (κ3) is 2.20. The Kier molecular flexibility index (Phi) is 3.24. The zero-order valence-electron chi connectivity index (χ0n) is 13.8. The zero-order valence-corrected chi connectivity index (χ0v) is 14.6. The molecule has 3 fully saturated rings. The van der Waals surface area contributed by atoms with Crippen LogP contribution in [-0.2, 0) is 11.2 Å². The number of anilines is 2. The van der Waals surface area contributed by atoms with Gasteiger partial charge in [0.25, 0.3) is 0 Å². The van der Waals surface area contributed by atoms with Crippen LogP contribution < -0.4 is 9.80 Å². The van der Waals surface area contributed by atoms with Gasteiger partial charge in [0.15, 0.2) is 0 Å². The molecule has 1 aromatic rings. The second kappa shape index (κ2) is 5.25. The first-order valence-corrected chi connectivity index (χ1v) is 9.87. The van der Waals surface area contributed by atoms with Crippen LogP contribution in [0.4, 0.5) is 11.8 Å². The van der Waals surface area contributed by atoms with Crippen LogP contribution in [0, 0.1) is 17.8 Å². The van der Waals surface area contributed by atoms with Crippen molar-refractivity contribution in [2.45, 2.75) is 37.3 Å². The molecule has 0 radical (unpaired) electrons. The second-order valence-electron chi connectivity index (χ2n) is 7.55. The predicted molar refractivity (Wildman–Crippen MR) is 92.8 cm³/mol. The van der Waals surface area contributed by atoms with E-state index >= 15 is 0 Å². The molecule has 1 unspecified atom stereocenters. The molecule has 1 aromatic heterocycles. The molecule has 0 amide bonds. The number of aromatic nitrogens is 2. The monoisotopic (exact) mass is 346 g/mol. The molecule has 3 aliphatic heterocycles. The minimum absolute atomic E-state index is 0.331. The topological polar surface area (TPSA) is 69.6 Å². The molecule has 6 nitrogen and oxygen atoms in total. The minimum Gasteiger partial charge on any atom is -0.481 e. The number of carbonyl (C=O) groups is 1. The summed E-state index contributed by atoms with van der Waals surface area (Å²) in [4.78, 5) is 25.4. The first-order chi connectivity index (χ1) is 11.6. The van der Waals surface area contributed by atoms with Gasteiger partial charge in [0.05, 0.1) is 0 Å². The van der Waals surface area contributed by atoms with Gasteiger partial charge in [0, 0.05) is 43.4 Å². The number of thioether (sulfide) groups is 1. The van der Waals surface area contributed by atoms with Crippen LogP contribution in [0.15, 0.2) is 5.03 Å². The molecule has 128 valence electrons. The number of hydrogen-bond acceptors (Lipinski definition) is 6. The highest BCUT2D eigenvalue weighted by Gasteiger charge is 2.56. The van der Waals surface area contributed by atoms with Crippen molar-refractivity contribution in [3.63, 3.8) is 0 Å². The van der Waals surface area contributed by atoms with Gasteiger partial charge in [-0.05, 0) is 37.5 Å². The fraction of sp³-hybridized carbons (Fsp3) is 0.706. The molecule has 4 heterocycles. The van der Waals surface area contributed by atoms with Gasteiger partial charge in [0.2, 0.25) is 5.95 Å². The van der Waals surface area contributed by atoms with Crippen molar-refractivity contribution in [2.75, 3.05) is 35.2 Å². The second-order valence-corrected chi connectivity index (χ2v) is 8.64. The van der Waals surface area contributed by atoms with Gasteiger partial charge < -0.3 is 14.9 Å². The predicted octanol–water partition coefficient (Wildman–Crippen LogP) is 1.88. The van der Waals surface area contributed by atoms with E-state index in [2.05, 4.69) is 16.7 Å². The van der Waals surface area contributed by atoms with E-state index in [4.69, 9.17) is 15.1 Å². The summed E-state index contributed by atoms with van der Waals surface area (Å²) in [6, 6.07) is 0.536. The van der Waals surface area contributed by atoms with Crippen molar-refractivity contribution in [1.82, 2.24) is 9.97 Å². The Balaban J connectivity index is 1.40. The third-order valence-electron chi connectivity index (χ3n) is 6.18. The maximum atomic E-state index is 10.9. The van der Waals surface area contributed by atoms with E-state index in [0.29, 0.717) is 30.2 Å². The average molecular weight is 346 g/mol. The molecular weight excluding hydrogens is 324 g/mol. The molecule has 4 atom stereocenters. The molecule has 0 aromatic carbocycles. The highest BCUT2D eigenvalue weighted by molar-refractivity contribution is 7.99. The van der Waals surface area contributed by atoms with E-state index in [1.54, 1.807) is 0 Å². The SMILES string of the molecule is C[C@H]1CCN1c1nc2c(c(N3C[C@@H]4C(CC(=O)O)[C@@H]4C3)n1)CCS2. The number of fused-ring (bicyclic) bond motifs is 2. The average Bonchev–Trinajstić information content (AvgIpc) is 2.97. The fourth-order valence-corrected chi connectivity index (χ4v) is 5.57. The molecule has 0 bridgehead atoms. The standard InChI is InChI=1S/C17H22N4O2S/c1-9-2-4-21(9)17-18-15(10-3-5-24-16(10)19-17)20-7-12-11(6-14(22)23)13(12)8-20/h9,11-13H,2-8H2,1H3,(H,22,23)/t9-,11?,12-,13+/m0/s1. The molecule has 0 spiro atoms. The molecule has 2 saturated heterocycles. The Hall–Kier alpha value is -1.50. The molecule has 4 aliphatic rings. The number of carboxylic acids is 1. The first-order valence-electron chi connectivity index (χ1n) is 8.89. The lowest BCUT2D eigenvalue weighted by molar-refractivity contribution is -0.137. The van der Waals surface area contributed by atoms with Gasteiger partial charge in [-0.2, -0.15) is 4.98 Å². The fourth-order valence-electron chi connectivity index (χ4n) is 4.56. The Bertz CT molecular complexity index is 700. The normalized spacial score (nSPS) is 33.2. The summed E-state index contributed by atoms with van der Waals surface area (Å²) in [5, 5.41) is 10.2. The molecule has 1 aliphatic carbocycles. The largest absolute Gasteiger partial charge is 0.481 e. The van der Waals surface area contributed by atoms with Gasteiger partial charge in [-0.3, -0.25) is 4.79 Å². The lowest BCUT2D eigenvalue weighted by Crippen LogP contribution is -2.47. The van der Waals surface area contributed by atoms with Crippen molar-refractivity contribution in [1.29, 1.82) is 0 Å². The molecule has 1 N–H and O–H groups in total. The van der Waals surface area contributed by atoms with Crippen LogP contribution in [0.5, 0.6) is 0 Å². The van der Waals surface area contributed by atoms with Crippen molar-refractivity contribution in [3.05, 3.63) is 5.56 Å². The molecule has 24 heavy (non-hydrogen) atoms. The Morgan fingerprint density at radius 2 is 2.12 bits per heavy atom. The summed E-state index contributed by atoms with van der Waals surface area (Å²) in [6.07, 6.45) is 2.60. The van der Waals surface area contributed by atoms with Crippen LogP contribution in [0.3, 0.4) is 0 Å². The van der Waals surface area contributed by atoms with Crippen LogP contribution in [0.1, 0.15) is 25.3 Å². The van der Waals surface area contributed by atoms with Crippen LogP contribution in [0.2, 0.25) is 0 Å². The quantitative estimate of drug-likeness (QED) is 0.835. The van der Waals surface area contributed by atoms with E-state index in [0.717, 1.165) is 48.6 Å². The summed E-state index contributed by atoms with van der Waals surface area (Å²) in [5.74, 6) is 3.93. The van der Waals surface area contributed by atoms with E-state index in [-0.39, 0.29) is 0 Å². The molecule has 1 saturated carbocycles. The summed E-state index contributed by atoms with van der Waals surface area (Å²) in [5.41, 5.74) is 1.31. The lowest BCUT2D eigenvalue weighted by Gasteiger charge is -2.39. The number of piperidine rings is 1. The summed E-state index contributed by atoms with van der Waals surface area (Å²) < 4.78 is 0. The van der Waals surface area contributed by atoms with Crippen molar-refractivity contribution in [2.24, 2.45) is 17.8 Å². The van der Waals surface area contributed by atoms with Crippen LogP contribution in [0.25, 0.3) is 0 Å². The number of rotatable bonds is 4. The van der Waals surface area contributed by atoms with E-state index < -0.39 is 5.97 Å². The Labute approximate surface area is 145 Å². The molecule has 7 heteroatoms. The number of nitrogens with zero attached hydrogens (tertiary/aromatic N) is 4. The first kappa shape index (κ1) is 14.8. The maximum Gasteiger partial charge on any atom is 0.303 e. The van der Waals surface area contributed by atoms with Gasteiger partial charge in [-0.25, -0.2) is 4.98 Å². The minimum atomic E-state index is -0.658. The molecular formula is C17H22N4O2S. The van der Waals surface area contributed by atoms with Crippen molar-refractivity contribution in [3.8, 4) is 0 Å². The maximum absolute atomic E-state index is 10.9. The van der Waals surface area contributed by atoms with Gasteiger partial charge in [0.1, 0.15) is 10.8 Å². The summed E-state index contributed by atoms with van der Waals surface area (Å²) >= 11 is 1.85. The van der Waals surface area contributed by atoms with Gasteiger partial charge in [-0.15, -0.1) is 11.8 Å². The summed E-state index contributed by atoms with van der Waals surface area (Å²) in [6.45, 7) is 5.21. The van der Waals surface area contributed by atoms with Crippen LogP contribution >= 0.6 is 11.8 Å². The summed E-state index contributed by atoms with van der Waals surface area (Å²) in [7, 11) is 0. The Morgan fingerprint density at radius 3 is 2.75 bits per heavy atom. The Morgan fingerprint density at radius 1 is 1.33 bits per heavy atom.